The molecule has 1 fully saturated rings. The summed E-state index contributed by atoms with van der Waals surface area (Å²) in [6, 6.07) is 9.87. The van der Waals surface area contributed by atoms with Crippen molar-refractivity contribution in [1.29, 1.82) is 0 Å². The van der Waals surface area contributed by atoms with Crippen LogP contribution >= 0.6 is 0 Å². The number of hydrogen-bond donors (Lipinski definition) is 1. The second kappa shape index (κ2) is 8.29. The van der Waals surface area contributed by atoms with E-state index in [0.29, 0.717) is 24.4 Å². The minimum absolute atomic E-state index is 0.0301. The first-order valence-corrected chi connectivity index (χ1v) is 11.3. The van der Waals surface area contributed by atoms with Crippen LogP contribution in [0.4, 0.5) is 5.69 Å². The minimum Gasteiger partial charge on any atom is -0.408 e. The van der Waals surface area contributed by atoms with E-state index < -0.39 is 15.8 Å². The summed E-state index contributed by atoms with van der Waals surface area (Å²) in [5.74, 6) is -1.12. The van der Waals surface area contributed by atoms with E-state index >= 15 is 0 Å². The molecule has 2 heterocycles. The molecular weight excluding hydrogens is 422 g/mol. The number of hydrogen-bond acceptors (Lipinski definition) is 6. The predicted molar refractivity (Wildman–Crippen MR) is 115 cm³/mol. The molecule has 1 N–H and O–H groups in total. The van der Waals surface area contributed by atoms with Crippen molar-refractivity contribution < 1.29 is 22.4 Å². The Morgan fingerprint density at radius 2 is 1.84 bits per heavy atom. The van der Waals surface area contributed by atoms with Crippen LogP contribution in [0.2, 0.25) is 0 Å². The van der Waals surface area contributed by atoms with Gasteiger partial charge in [0.25, 0.3) is 0 Å². The summed E-state index contributed by atoms with van der Waals surface area (Å²) in [6.07, 6.45) is 0. The van der Waals surface area contributed by atoms with Gasteiger partial charge < -0.3 is 14.5 Å². The summed E-state index contributed by atoms with van der Waals surface area (Å²) in [5, 5.41) is 2.79. The Hall–Kier alpha value is -2.95. The Labute approximate surface area is 179 Å². The highest BCUT2D eigenvalue weighted by molar-refractivity contribution is 7.89. The number of carbonyl (C=O) groups excluding carboxylic acids is 1. The third kappa shape index (κ3) is 4.27. The maximum Gasteiger partial charge on any atom is 0.420 e. The van der Waals surface area contributed by atoms with Crippen molar-refractivity contribution in [2.24, 2.45) is 0 Å². The van der Waals surface area contributed by atoms with Gasteiger partial charge in [0.15, 0.2) is 5.58 Å². The number of nitrogens with zero attached hydrogens (tertiary/aromatic N) is 2. The zero-order valence-electron chi connectivity index (χ0n) is 17.3. The molecule has 0 spiro atoms. The number of carbonyl (C=O) groups is 1. The van der Waals surface area contributed by atoms with Gasteiger partial charge in [-0.05, 0) is 37.6 Å². The molecule has 9 nitrogen and oxygen atoms in total. The molecule has 1 aliphatic heterocycles. The molecule has 1 aromatic heterocycles. The number of benzene rings is 2. The summed E-state index contributed by atoms with van der Waals surface area (Å²) in [4.78, 5) is 24.9. The largest absolute Gasteiger partial charge is 0.420 e. The second-order valence-electron chi connectivity index (χ2n) is 7.47. The third-order valence-corrected chi connectivity index (χ3v) is 7.10. The predicted octanol–water partition coefficient (Wildman–Crippen LogP) is 1.87. The molecule has 164 valence electrons. The molecule has 1 amide bonds. The van der Waals surface area contributed by atoms with Crippen LogP contribution in [0.5, 0.6) is 0 Å². The van der Waals surface area contributed by atoms with Crippen molar-refractivity contribution in [2.75, 3.05) is 31.6 Å². The average Bonchev–Trinajstić information content (AvgIpc) is 3.05. The number of aromatic nitrogens is 1. The summed E-state index contributed by atoms with van der Waals surface area (Å²) in [6.45, 7) is 4.80. The van der Waals surface area contributed by atoms with Crippen molar-refractivity contribution in [3.05, 3.63) is 58.1 Å². The molecular formula is C21H23N3O6S. The quantitative estimate of drug-likeness (QED) is 0.642. The normalized spacial score (nSPS) is 15.3. The number of sulfonamides is 1. The number of oxazole rings is 1. The molecule has 1 saturated heterocycles. The Balaban J connectivity index is 1.59. The number of ether oxygens (including phenoxy) is 1. The lowest BCUT2D eigenvalue weighted by atomic mass is 10.1. The van der Waals surface area contributed by atoms with Gasteiger partial charge in [-0.1, -0.05) is 17.7 Å². The van der Waals surface area contributed by atoms with E-state index in [1.807, 2.05) is 32.0 Å². The fourth-order valence-electron chi connectivity index (χ4n) is 3.58. The fraction of sp³-hybridized carbons (Fsp3) is 0.333. The molecule has 0 unspecified atom stereocenters. The molecule has 0 aliphatic carbocycles. The van der Waals surface area contributed by atoms with Crippen LogP contribution in [0.3, 0.4) is 0 Å². The third-order valence-electron chi connectivity index (χ3n) is 5.21. The van der Waals surface area contributed by atoms with E-state index in [-0.39, 0.29) is 36.0 Å². The van der Waals surface area contributed by atoms with Crippen LogP contribution in [0.25, 0.3) is 11.1 Å². The fourth-order valence-corrected chi connectivity index (χ4v) is 5.00. The molecule has 2 aromatic carbocycles. The first-order valence-electron chi connectivity index (χ1n) is 9.84. The van der Waals surface area contributed by atoms with Gasteiger partial charge in [-0.2, -0.15) is 4.31 Å². The number of nitrogens with one attached hydrogen (secondary N) is 1. The first kappa shape index (κ1) is 21.3. The lowest BCUT2D eigenvalue weighted by Crippen LogP contribution is -2.40. The van der Waals surface area contributed by atoms with Crippen molar-refractivity contribution in [3.8, 4) is 0 Å². The number of aryl methyl sites for hydroxylation is 2. The van der Waals surface area contributed by atoms with Crippen molar-refractivity contribution in [2.45, 2.75) is 25.3 Å². The second-order valence-corrected chi connectivity index (χ2v) is 9.40. The van der Waals surface area contributed by atoms with E-state index in [2.05, 4.69) is 5.32 Å². The molecule has 4 rings (SSSR count). The van der Waals surface area contributed by atoms with Gasteiger partial charge in [0, 0.05) is 24.8 Å². The molecule has 1 aliphatic rings. The van der Waals surface area contributed by atoms with Gasteiger partial charge in [0.05, 0.1) is 23.6 Å². The maximum atomic E-state index is 12.8. The Kier molecular flexibility index (Phi) is 5.69. The summed E-state index contributed by atoms with van der Waals surface area (Å²) >= 11 is 0. The Morgan fingerprint density at radius 3 is 2.55 bits per heavy atom. The molecule has 0 atom stereocenters. The first-order chi connectivity index (χ1) is 14.8. The van der Waals surface area contributed by atoms with Crippen LogP contribution < -0.4 is 11.1 Å². The van der Waals surface area contributed by atoms with Gasteiger partial charge in [0.2, 0.25) is 15.9 Å². The highest BCUT2D eigenvalue weighted by Crippen LogP contribution is 2.23. The number of fused-ring (bicyclic) bond motifs is 1. The Bertz CT molecular complexity index is 1300. The van der Waals surface area contributed by atoms with Crippen LogP contribution in [0.1, 0.15) is 11.1 Å². The molecule has 10 heteroatoms. The van der Waals surface area contributed by atoms with Gasteiger partial charge in [-0.25, -0.2) is 13.2 Å². The number of morpholine rings is 1. The SMILES string of the molecule is Cc1ccc(NC(=O)Cn2c(=O)oc3cc(S(=O)(=O)N4CCOCC4)ccc32)c(C)c1. The molecule has 0 saturated carbocycles. The van der Waals surface area contributed by atoms with Gasteiger partial charge in [-0.3, -0.25) is 9.36 Å². The molecule has 0 radical (unpaired) electrons. The van der Waals surface area contributed by atoms with Crippen LogP contribution in [-0.4, -0.2) is 49.5 Å². The van der Waals surface area contributed by atoms with E-state index in [1.54, 1.807) is 0 Å². The highest BCUT2D eigenvalue weighted by Gasteiger charge is 2.27. The number of amides is 1. The van der Waals surface area contributed by atoms with Crippen LogP contribution in [0, 0.1) is 13.8 Å². The van der Waals surface area contributed by atoms with Crippen molar-refractivity contribution in [1.82, 2.24) is 8.87 Å². The van der Waals surface area contributed by atoms with Crippen molar-refractivity contribution in [3.63, 3.8) is 0 Å². The lowest BCUT2D eigenvalue weighted by molar-refractivity contribution is -0.116. The average molecular weight is 445 g/mol. The zero-order valence-corrected chi connectivity index (χ0v) is 18.1. The Morgan fingerprint density at radius 1 is 1.10 bits per heavy atom. The van der Waals surface area contributed by atoms with Crippen LogP contribution in [-0.2, 0) is 26.1 Å². The highest BCUT2D eigenvalue weighted by atomic mass is 32.2. The lowest BCUT2D eigenvalue weighted by Gasteiger charge is -2.25. The topological polar surface area (TPSA) is 111 Å². The summed E-state index contributed by atoms with van der Waals surface area (Å²) in [7, 11) is -3.73. The number of rotatable bonds is 5. The maximum absolute atomic E-state index is 12.8. The van der Waals surface area contributed by atoms with Gasteiger partial charge in [0.1, 0.15) is 6.54 Å². The minimum atomic E-state index is -3.73. The molecule has 31 heavy (non-hydrogen) atoms. The standard InChI is InChI=1S/C21H23N3O6S/c1-14-3-5-17(15(2)11-14)22-20(25)13-24-18-6-4-16(12-19(18)30-21(24)26)31(27,28)23-7-9-29-10-8-23/h3-6,11-12H,7-10,13H2,1-2H3,(H,22,25). The zero-order chi connectivity index (χ0) is 22.2. The summed E-state index contributed by atoms with van der Waals surface area (Å²) in [5.41, 5.74) is 3.11. The number of anilines is 1. The van der Waals surface area contributed by atoms with Crippen LogP contribution in [0.15, 0.2) is 50.5 Å². The van der Waals surface area contributed by atoms with E-state index in [9.17, 15) is 18.0 Å². The molecule has 3 aromatic rings. The molecule has 0 bridgehead atoms. The van der Waals surface area contributed by atoms with Gasteiger partial charge >= 0.3 is 5.76 Å². The monoisotopic (exact) mass is 445 g/mol. The van der Waals surface area contributed by atoms with E-state index in [0.717, 1.165) is 11.1 Å². The van der Waals surface area contributed by atoms with Crippen molar-refractivity contribution >= 4 is 32.7 Å². The van der Waals surface area contributed by atoms with E-state index in [1.165, 1.54) is 27.1 Å². The summed E-state index contributed by atoms with van der Waals surface area (Å²) < 4.78 is 38.6. The van der Waals surface area contributed by atoms with Gasteiger partial charge in [-0.15, -0.1) is 0 Å². The van der Waals surface area contributed by atoms with E-state index in [4.69, 9.17) is 9.15 Å². The smallest absolute Gasteiger partial charge is 0.408 e.